The molecule has 0 saturated heterocycles. The number of ketones is 1. The molecule has 2 heteroatoms. The number of Topliss-reactive ketones (excluding diaryl/α,β-unsaturated/α-hetero) is 1. The van der Waals surface area contributed by atoms with E-state index in [4.69, 9.17) is 4.99 Å². The minimum atomic E-state index is -0.399. The van der Waals surface area contributed by atoms with Crippen LogP contribution in [0.5, 0.6) is 0 Å². The van der Waals surface area contributed by atoms with Gasteiger partial charge >= 0.3 is 0 Å². The summed E-state index contributed by atoms with van der Waals surface area (Å²) >= 11 is 0. The van der Waals surface area contributed by atoms with Gasteiger partial charge in [-0.1, -0.05) is 11.6 Å². The van der Waals surface area contributed by atoms with Gasteiger partial charge in [-0.3, -0.25) is 9.79 Å². The van der Waals surface area contributed by atoms with Crippen LogP contribution < -0.4 is 0 Å². The number of nitrogens with zero attached hydrogens (tertiary/aromatic N) is 1. The van der Waals surface area contributed by atoms with E-state index in [1.807, 2.05) is 0 Å². The van der Waals surface area contributed by atoms with Crippen molar-refractivity contribution in [3.8, 4) is 0 Å². The van der Waals surface area contributed by atoms with Gasteiger partial charge in [-0.15, -0.1) is 0 Å². The maximum Gasteiger partial charge on any atom is 0.153 e. The highest BCUT2D eigenvalue weighted by molar-refractivity contribution is 6.13. The molecule has 0 spiro atoms. The van der Waals surface area contributed by atoms with Gasteiger partial charge in [-0.05, 0) is 71.3 Å². The van der Waals surface area contributed by atoms with E-state index in [0.717, 1.165) is 12.1 Å². The normalized spacial score (nSPS) is 33.1. The molecule has 0 unspecified atom stereocenters. The lowest BCUT2D eigenvalue weighted by Crippen LogP contribution is -2.38. The quantitative estimate of drug-likeness (QED) is 0.646. The van der Waals surface area contributed by atoms with Gasteiger partial charge < -0.3 is 0 Å². The Morgan fingerprint density at radius 1 is 1.10 bits per heavy atom. The molecule has 1 atom stereocenters. The maximum absolute atomic E-state index is 13.0. The Morgan fingerprint density at radius 3 is 2.33 bits per heavy atom. The highest BCUT2D eigenvalue weighted by atomic mass is 16.1. The van der Waals surface area contributed by atoms with Crippen LogP contribution in [0.15, 0.2) is 39.4 Å². The lowest BCUT2D eigenvalue weighted by molar-refractivity contribution is -0.130. The Balaban J connectivity index is 2.24. The fourth-order valence-corrected chi connectivity index (χ4v) is 4.26. The van der Waals surface area contributed by atoms with Crippen LogP contribution in [0.25, 0.3) is 0 Å². The molecule has 3 aliphatic rings. The summed E-state index contributed by atoms with van der Waals surface area (Å²) in [4.78, 5) is 17.9. The summed E-state index contributed by atoms with van der Waals surface area (Å²) in [5.41, 5.74) is 5.13. The van der Waals surface area contributed by atoms with Crippen molar-refractivity contribution in [2.45, 2.75) is 60.4 Å². The van der Waals surface area contributed by atoms with Crippen LogP contribution in [-0.4, -0.2) is 17.0 Å². The molecule has 2 nitrogen and oxygen atoms in total. The highest BCUT2D eigenvalue weighted by Crippen LogP contribution is 2.55. The highest BCUT2D eigenvalue weighted by Gasteiger charge is 2.54. The molecule has 0 aromatic heterocycles. The van der Waals surface area contributed by atoms with Gasteiger partial charge in [0.2, 0.25) is 0 Å². The zero-order valence-corrected chi connectivity index (χ0v) is 14.2. The van der Waals surface area contributed by atoms with Crippen molar-refractivity contribution in [3.05, 3.63) is 34.4 Å². The number of aliphatic imine (C=N–C) groups is 1. The number of rotatable bonds is 0. The molecule has 0 aromatic rings. The molecule has 0 saturated carbocycles. The molecule has 0 N–H and O–H groups in total. The molecule has 0 bridgehead atoms. The van der Waals surface area contributed by atoms with E-state index < -0.39 is 5.41 Å². The number of allylic oxidation sites excluding steroid dienone is 5. The number of hydrogen-bond donors (Lipinski definition) is 0. The molecule has 0 amide bonds. The SMILES string of the molecule is CC1=CC(C)(C)N=C2C[C@]3(C)C(=O)C(C)(C)C(C)=C3C=C12. The van der Waals surface area contributed by atoms with Gasteiger partial charge in [0.1, 0.15) is 0 Å². The van der Waals surface area contributed by atoms with Crippen LogP contribution in [0.2, 0.25) is 0 Å². The standard InChI is InChI=1S/C19H25NO/c1-11-9-17(3,4)20-15-10-19(7)14(8-13(11)15)12(2)18(5,6)16(19)21/h8-9H,10H2,1-7H3/t19-/m0/s1. The van der Waals surface area contributed by atoms with Gasteiger partial charge in [-0.25, -0.2) is 0 Å². The first-order valence-electron chi connectivity index (χ1n) is 7.76. The first kappa shape index (κ1) is 14.5. The van der Waals surface area contributed by atoms with Crippen LogP contribution in [0, 0.1) is 10.8 Å². The Morgan fingerprint density at radius 2 is 1.71 bits per heavy atom. The third-order valence-electron chi connectivity index (χ3n) is 5.54. The average Bonchev–Trinajstić information content (AvgIpc) is 2.45. The lowest BCUT2D eigenvalue weighted by atomic mass is 9.68. The van der Waals surface area contributed by atoms with Crippen LogP contribution in [0.3, 0.4) is 0 Å². The molecule has 21 heavy (non-hydrogen) atoms. The van der Waals surface area contributed by atoms with Crippen molar-refractivity contribution < 1.29 is 4.79 Å². The summed E-state index contributed by atoms with van der Waals surface area (Å²) in [7, 11) is 0. The summed E-state index contributed by atoms with van der Waals surface area (Å²) in [6.07, 6.45) is 5.19. The van der Waals surface area contributed by atoms with Crippen molar-refractivity contribution in [2.24, 2.45) is 15.8 Å². The molecule has 0 radical (unpaired) electrons. The molecule has 0 aromatic carbocycles. The number of carbonyl (C=O) groups excluding carboxylic acids is 1. The molecule has 0 fully saturated rings. The van der Waals surface area contributed by atoms with Crippen molar-refractivity contribution in [1.29, 1.82) is 0 Å². The van der Waals surface area contributed by atoms with E-state index >= 15 is 0 Å². The molecule has 1 heterocycles. The fraction of sp³-hybridized carbons (Fsp3) is 0.579. The van der Waals surface area contributed by atoms with Gasteiger partial charge in [0, 0.05) is 17.5 Å². The largest absolute Gasteiger partial charge is 0.298 e. The van der Waals surface area contributed by atoms with Crippen LogP contribution in [0.4, 0.5) is 0 Å². The van der Waals surface area contributed by atoms with Crippen molar-refractivity contribution in [3.63, 3.8) is 0 Å². The minimum Gasteiger partial charge on any atom is -0.298 e. The van der Waals surface area contributed by atoms with Gasteiger partial charge in [0.25, 0.3) is 0 Å². The summed E-state index contributed by atoms with van der Waals surface area (Å²) in [5, 5.41) is 0. The Bertz CT molecular complexity index is 682. The number of hydrogen-bond acceptors (Lipinski definition) is 2. The molecule has 3 rings (SSSR count). The first-order valence-corrected chi connectivity index (χ1v) is 7.76. The Labute approximate surface area is 127 Å². The Kier molecular flexibility index (Phi) is 2.66. The van der Waals surface area contributed by atoms with Crippen LogP contribution >= 0.6 is 0 Å². The molecular weight excluding hydrogens is 258 g/mol. The van der Waals surface area contributed by atoms with Gasteiger partial charge in [-0.2, -0.15) is 0 Å². The van der Waals surface area contributed by atoms with Gasteiger partial charge in [0.05, 0.1) is 11.0 Å². The monoisotopic (exact) mass is 283 g/mol. The van der Waals surface area contributed by atoms with Gasteiger partial charge in [0.15, 0.2) is 5.78 Å². The summed E-state index contributed by atoms with van der Waals surface area (Å²) < 4.78 is 0. The van der Waals surface area contributed by atoms with Crippen molar-refractivity contribution in [1.82, 2.24) is 0 Å². The second-order valence-electron chi connectivity index (χ2n) is 8.10. The van der Waals surface area contributed by atoms with Crippen molar-refractivity contribution >= 4 is 11.5 Å². The van der Waals surface area contributed by atoms with E-state index in [1.165, 1.54) is 22.3 Å². The second-order valence-corrected chi connectivity index (χ2v) is 8.10. The molecule has 112 valence electrons. The minimum absolute atomic E-state index is 0.166. The number of carbonyl (C=O) groups is 1. The third-order valence-corrected chi connectivity index (χ3v) is 5.54. The summed E-state index contributed by atoms with van der Waals surface area (Å²) in [6.45, 7) is 14.7. The fourth-order valence-electron chi connectivity index (χ4n) is 4.26. The van der Waals surface area contributed by atoms with Crippen LogP contribution in [0.1, 0.15) is 54.9 Å². The summed E-state index contributed by atoms with van der Waals surface area (Å²) in [6, 6.07) is 0. The third kappa shape index (κ3) is 1.77. The maximum atomic E-state index is 13.0. The van der Waals surface area contributed by atoms with Crippen LogP contribution in [-0.2, 0) is 4.79 Å². The lowest BCUT2D eigenvalue weighted by Gasteiger charge is -2.36. The first-order chi connectivity index (χ1) is 9.49. The second kappa shape index (κ2) is 3.85. The topological polar surface area (TPSA) is 29.4 Å². The predicted molar refractivity (Wildman–Crippen MR) is 87.6 cm³/mol. The average molecular weight is 283 g/mol. The van der Waals surface area contributed by atoms with E-state index in [2.05, 4.69) is 60.6 Å². The molecule has 1 aliphatic heterocycles. The smallest absolute Gasteiger partial charge is 0.153 e. The molecular formula is C19H25NO. The predicted octanol–water partition coefficient (Wildman–Crippen LogP) is 4.43. The van der Waals surface area contributed by atoms with Crippen molar-refractivity contribution in [2.75, 3.05) is 0 Å². The van der Waals surface area contributed by atoms with E-state index in [0.29, 0.717) is 5.78 Å². The number of dihydropyridines is 1. The molecule has 2 aliphatic carbocycles. The van der Waals surface area contributed by atoms with E-state index in [-0.39, 0.29) is 11.0 Å². The zero-order chi connectivity index (χ0) is 15.8. The summed E-state index contributed by atoms with van der Waals surface area (Å²) in [5.74, 6) is 0.338. The van der Waals surface area contributed by atoms with E-state index in [1.54, 1.807) is 0 Å². The number of fused-ring (bicyclic) bond motifs is 2. The Hall–Kier alpha value is -1.44. The zero-order valence-electron chi connectivity index (χ0n) is 14.2. The van der Waals surface area contributed by atoms with E-state index in [9.17, 15) is 4.79 Å².